The Kier molecular flexibility index (Phi) is 5.89. The number of benzene rings is 9. The highest BCUT2D eigenvalue weighted by molar-refractivity contribution is 7.26. The van der Waals surface area contributed by atoms with E-state index < -0.39 is 0 Å². The molecule has 2 heteroatoms. The maximum atomic E-state index is 6.54. The number of furan rings is 1. The third kappa shape index (κ3) is 4.00. The molecule has 0 aliphatic carbocycles. The molecule has 11 aromatic rings. The van der Waals surface area contributed by atoms with Crippen molar-refractivity contribution < 1.29 is 4.42 Å². The fraction of sp³-hybridized carbons (Fsp3) is 0. The number of rotatable bonds is 3. The predicted octanol–water partition coefficient (Wildman–Crippen LogP) is 14.4. The molecule has 0 atom stereocenters. The summed E-state index contributed by atoms with van der Waals surface area (Å²) in [6, 6.07) is 62.0. The van der Waals surface area contributed by atoms with E-state index in [4.69, 9.17) is 4.42 Å². The molecule has 0 spiro atoms. The Labute approximate surface area is 292 Å². The van der Waals surface area contributed by atoms with Crippen molar-refractivity contribution in [2.75, 3.05) is 0 Å². The Hall–Kier alpha value is -6.22. The van der Waals surface area contributed by atoms with Crippen LogP contribution in [-0.2, 0) is 0 Å². The van der Waals surface area contributed by atoms with E-state index in [2.05, 4.69) is 170 Å². The zero-order valence-corrected chi connectivity index (χ0v) is 27.8. The standard InChI is InChI=1S/C48H28OS/c1-2-12-30(13-3-1)45-35-16-6-7-17-36(35)46(39-27-31(21-23-37(39)45)34-19-10-14-29-11-4-5-15-33(29)34)32-22-24-41-40(28-32)47-42(49-41)25-26-44-48(47)38-18-8-9-20-43(38)50-44/h1-28H. The summed E-state index contributed by atoms with van der Waals surface area (Å²) in [5.74, 6) is 0. The Morgan fingerprint density at radius 2 is 0.980 bits per heavy atom. The van der Waals surface area contributed by atoms with Crippen LogP contribution in [0.5, 0.6) is 0 Å². The molecule has 0 aliphatic heterocycles. The SMILES string of the molecule is c1ccc(-c2c3ccccc3c(-c3ccc4oc5ccc6sc7ccccc7c6c5c4c3)c3cc(-c4cccc5ccccc45)ccc23)cc1. The number of hydrogen-bond donors (Lipinski definition) is 0. The van der Waals surface area contributed by atoms with Crippen LogP contribution in [0.3, 0.4) is 0 Å². The van der Waals surface area contributed by atoms with Crippen LogP contribution < -0.4 is 0 Å². The average molecular weight is 653 g/mol. The molecule has 0 bridgehead atoms. The van der Waals surface area contributed by atoms with Crippen molar-refractivity contribution in [2.45, 2.75) is 0 Å². The van der Waals surface area contributed by atoms with E-state index in [1.54, 1.807) is 0 Å². The molecule has 0 aliphatic rings. The van der Waals surface area contributed by atoms with E-state index in [9.17, 15) is 0 Å². The van der Waals surface area contributed by atoms with Crippen LogP contribution in [0.15, 0.2) is 174 Å². The first kappa shape index (κ1) is 27.7. The second-order valence-corrected chi connectivity index (χ2v) is 14.3. The molecule has 0 saturated carbocycles. The number of hydrogen-bond acceptors (Lipinski definition) is 2. The summed E-state index contributed by atoms with van der Waals surface area (Å²) in [6.07, 6.45) is 0. The highest BCUT2D eigenvalue weighted by Gasteiger charge is 2.20. The molecule has 0 amide bonds. The van der Waals surface area contributed by atoms with E-state index in [-0.39, 0.29) is 0 Å². The molecule has 0 unspecified atom stereocenters. The summed E-state index contributed by atoms with van der Waals surface area (Å²) in [5.41, 5.74) is 9.23. The predicted molar refractivity (Wildman–Crippen MR) is 215 cm³/mol. The lowest BCUT2D eigenvalue weighted by molar-refractivity contribution is 0.669. The maximum Gasteiger partial charge on any atom is 0.136 e. The molecule has 2 aromatic heterocycles. The molecule has 0 fully saturated rings. The Morgan fingerprint density at radius 1 is 0.340 bits per heavy atom. The molecule has 232 valence electrons. The van der Waals surface area contributed by atoms with Crippen LogP contribution in [-0.4, -0.2) is 0 Å². The first-order valence-corrected chi connectivity index (χ1v) is 17.9. The smallest absolute Gasteiger partial charge is 0.136 e. The van der Waals surface area contributed by atoms with Crippen molar-refractivity contribution in [1.29, 1.82) is 0 Å². The van der Waals surface area contributed by atoms with Crippen molar-refractivity contribution in [3.05, 3.63) is 170 Å². The highest BCUT2D eigenvalue weighted by Crippen LogP contribution is 2.47. The van der Waals surface area contributed by atoms with E-state index in [1.165, 1.54) is 91.3 Å². The van der Waals surface area contributed by atoms with Gasteiger partial charge in [0.05, 0.1) is 0 Å². The lowest BCUT2D eigenvalue weighted by Crippen LogP contribution is -1.92. The second-order valence-electron chi connectivity index (χ2n) is 13.2. The van der Waals surface area contributed by atoms with Gasteiger partial charge in [-0.15, -0.1) is 11.3 Å². The molecule has 1 nitrogen and oxygen atoms in total. The van der Waals surface area contributed by atoms with Gasteiger partial charge in [-0.1, -0.05) is 133 Å². The van der Waals surface area contributed by atoms with Gasteiger partial charge in [0.25, 0.3) is 0 Å². The summed E-state index contributed by atoms with van der Waals surface area (Å²) in [4.78, 5) is 0. The van der Waals surface area contributed by atoms with E-state index in [0.29, 0.717) is 0 Å². The van der Waals surface area contributed by atoms with Crippen molar-refractivity contribution in [3.63, 3.8) is 0 Å². The molecule has 2 heterocycles. The van der Waals surface area contributed by atoms with Crippen molar-refractivity contribution in [2.24, 2.45) is 0 Å². The topological polar surface area (TPSA) is 13.1 Å². The average Bonchev–Trinajstić information content (AvgIpc) is 3.74. The second kappa shape index (κ2) is 10.6. The minimum absolute atomic E-state index is 0.914. The van der Waals surface area contributed by atoms with Gasteiger partial charge in [0.15, 0.2) is 0 Å². The van der Waals surface area contributed by atoms with E-state index in [0.717, 1.165) is 16.6 Å². The molecule has 9 aromatic carbocycles. The monoisotopic (exact) mass is 652 g/mol. The van der Waals surface area contributed by atoms with Gasteiger partial charge in [-0.05, 0) is 102 Å². The molecular formula is C48H28OS. The quantitative estimate of drug-likeness (QED) is 0.173. The maximum absolute atomic E-state index is 6.54. The Morgan fingerprint density at radius 3 is 1.84 bits per heavy atom. The number of thiophene rings is 1. The molecule has 0 N–H and O–H groups in total. The van der Waals surface area contributed by atoms with E-state index >= 15 is 0 Å². The van der Waals surface area contributed by atoms with Gasteiger partial charge in [-0.2, -0.15) is 0 Å². The van der Waals surface area contributed by atoms with Crippen LogP contribution >= 0.6 is 11.3 Å². The fourth-order valence-corrected chi connectivity index (χ4v) is 9.40. The highest BCUT2D eigenvalue weighted by atomic mass is 32.1. The van der Waals surface area contributed by atoms with Crippen LogP contribution in [0, 0.1) is 0 Å². The summed E-state index contributed by atoms with van der Waals surface area (Å²) < 4.78 is 9.13. The zero-order valence-electron chi connectivity index (χ0n) is 27.0. The Bertz CT molecular complexity index is 3140. The zero-order chi connectivity index (χ0) is 32.8. The fourth-order valence-electron chi connectivity index (χ4n) is 8.29. The van der Waals surface area contributed by atoms with Crippen LogP contribution in [0.1, 0.15) is 0 Å². The summed E-state index contributed by atoms with van der Waals surface area (Å²) in [7, 11) is 0. The minimum atomic E-state index is 0.914. The van der Waals surface area contributed by atoms with Crippen LogP contribution in [0.2, 0.25) is 0 Å². The van der Waals surface area contributed by atoms with Gasteiger partial charge >= 0.3 is 0 Å². The first-order chi connectivity index (χ1) is 24.8. The summed E-state index contributed by atoms with van der Waals surface area (Å²) in [5, 5.41) is 12.4. The third-order valence-electron chi connectivity index (χ3n) is 10.4. The van der Waals surface area contributed by atoms with Crippen molar-refractivity contribution in [3.8, 4) is 33.4 Å². The summed E-state index contributed by atoms with van der Waals surface area (Å²) >= 11 is 1.85. The normalized spacial score (nSPS) is 12.0. The molecule has 11 rings (SSSR count). The third-order valence-corrected chi connectivity index (χ3v) is 11.6. The summed E-state index contributed by atoms with van der Waals surface area (Å²) in [6.45, 7) is 0. The minimum Gasteiger partial charge on any atom is -0.456 e. The van der Waals surface area contributed by atoms with Crippen LogP contribution in [0.4, 0.5) is 0 Å². The van der Waals surface area contributed by atoms with Crippen molar-refractivity contribution >= 4 is 85.8 Å². The molecule has 0 saturated heterocycles. The van der Waals surface area contributed by atoms with Gasteiger partial charge in [-0.25, -0.2) is 0 Å². The molecule has 50 heavy (non-hydrogen) atoms. The number of fused-ring (bicyclic) bond motifs is 10. The lowest BCUT2D eigenvalue weighted by Gasteiger charge is -2.19. The van der Waals surface area contributed by atoms with E-state index in [1.807, 2.05) is 11.3 Å². The van der Waals surface area contributed by atoms with Gasteiger partial charge in [0.2, 0.25) is 0 Å². The van der Waals surface area contributed by atoms with Gasteiger partial charge in [0.1, 0.15) is 11.2 Å². The van der Waals surface area contributed by atoms with Crippen LogP contribution in [0.25, 0.3) is 108 Å². The molecule has 0 radical (unpaired) electrons. The van der Waals surface area contributed by atoms with Crippen molar-refractivity contribution in [1.82, 2.24) is 0 Å². The largest absolute Gasteiger partial charge is 0.456 e. The Balaban J connectivity index is 1.27. The van der Waals surface area contributed by atoms with Gasteiger partial charge in [-0.3, -0.25) is 0 Å². The van der Waals surface area contributed by atoms with Gasteiger partial charge in [0, 0.05) is 30.9 Å². The first-order valence-electron chi connectivity index (χ1n) is 17.1. The molecular weight excluding hydrogens is 625 g/mol. The lowest BCUT2D eigenvalue weighted by atomic mass is 9.84. The van der Waals surface area contributed by atoms with Gasteiger partial charge < -0.3 is 4.42 Å².